The molecule has 0 N–H and O–H groups in total. The van der Waals surface area contributed by atoms with Crippen LogP contribution in [-0.4, -0.2) is 38.2 Å². The minimum atomic E-state index is -4.68. The standard InChI is InChI=1S/C18H21F3N4O2/c1-12-4-3-5-13(10-12)11-15(26)24-8-6-14(7-9-24)25-17(27)23(2)16(22-25)18(19,20)21/h3-5,10,14H,6-9,11H2,1-2H3. The fourth-order valence-electron chi connectivity index (χ4n) is 3.41. The molecule has 2 aromatic rings. The van der Waals surface area contributed by atoms with Crippen LogP contribution in [0.2, 0.25) is 0 Å². The third-order valence-electron chi connectivity index (χ3n) is 4.86. The molecule has 3 rings (SSSR count). The largest absolute Gasteiger partial charge is 0.451 e. The SMILES string of the molecule is Cc1cccc(CC(=O)N2CCC(n3nc(C(F)(F)F)n(C)c3=O)CC2)c1. The lowest BCUT2D eigenvalue weighted by molar-refractivity contribution is -0.147. The number of carbonyl (C=O) groups is 1. The molecule has 6 nitrogen and oxygen atoms in total. The zero-order chi connectivity index (χ0) is 19.8. The Hall–Kier alpha value is -2.58. The van der Waals surface area contributed by atoms with Crippen LogP contribution in [0.15, 0.2) is 29.1 Å². The van der Waals surface area contributed by atoms with Crippen molar-refractivity contribution in [2.75, 3.05) is 13.1 Å². The van der Waals surface area contributed by atoms with Gasteiger partial charge in [-0.25, -0.2) is 9.48 Å². The summed E-state index contributed by atoms with van der Waals surface area (Å²) in [5.41, 5.74) is 1.22. The van der Waals surface area contributed by atoms with Crippen LogP contribution >= 0.6 is 0 Å². The average Bonchev–Trinajstić information content (AvgIpc) is 2.91. The molecule has 0 bridgehead atoms. The Morgan fingerprint density at radius 3 is 2.48 bits per heavy atom. The fraction of sp³-hybridized carbons (Fsp3) is 0.500. The molecular formula is C18H21F3N4O2. The molecule has 1 aliphatic rings. The molecule has 0 radical (unpaired) electrons. The summed E-state index contributed by atoms with van der Waals surface area (Å²) in [6.07, 6.45) is -3.60. The van der Waals surface area contributed by atoms with Gasteiger partial charge in [0.15, 0.2) is 0 Å². The molecule has 1 fully saturated rings. The normalized spacial score (nSPS) is 16.0. The van der Waals surface area contributed by atoms with Gasteiger partial charge in [-0.1, -0.05) is 29.8 Å². The van der Waals surface area contributed by atoms with Crippen LogP contribution in [-0.2, 0) is 24.4 Å². The van der Waals surface area contributed by atoms with E-state index < -0.39 is 23.7 Å². The molecule has 1 amide bonds. The van der Waals surface area contributed by atoms with Crippen molar-refractivity contribution in [3.8, 4) is 0 Å². The minimum Gasteiger partial charge on any atom is -0.342 e. The van der Waals surface area contributed by atoms with E-state index in [4.69, 9.17) is 0 Å². The van der Waals surface area contributed by atoms with E-state index in [9.17, 15) is 22.8 Å². The van der Waals surface area contributed by atoms with E-state index in [1.165, 1.54) is 0 Å². The van der Waals surface area contributed by atoms with Gasteiger partial charge >= 0.3 is 11.9 Å². The molecule has 1 saturated heterocycles. The van der Waals surface area contributed by atoms with Crippen molar-refractivity contribution in [3.63, 3.8) is 0 Å². The van der Waals surface area contributed by atoms with Gasteiger partial charge in [0.25, 0.3) is 0 Å². The molecule has 0 atom stereocenters. The van der Waals surface area contributed by atoms with E-state index in [0.29, 0.717) is 30.5 Å². The number of piperidine rings is 1. The number of rotatable bonds is 3. The Morgan fingerprint density at radius 1 is 1.26 bits per heavy atom. The molecule has 9 heteroatoms. The maximum absolute atomic E-state index is 12.9. The molecule has 146 valence electrons. The second-order valence-electron chi connectivity index (χ2n) is 6.89. The third-order valence-corrected chi connectivity index (χ3v) is 4.86. The highest BCUT2D eigenvalue weighted by atomic mass is 19.4. The highest BCUT2D eigenvalue weighted by molar-refractivity contribution is 5.78. The summed E-state index contributed by atoms with van der Waals surface area (Å²) in [7, 11) is 1.06. The molecule has 2 heterocycles. The van der Waals surface area contributed by atoms with Gasteiger partial charge in [0, 0.05) is 20.1 Å². The lowest BCUT2D eigenvalue weighted by Crippen LogP contribution is -2.41. The van der Waals surface area contributed by atoms with Crippen molar-refractivity contribution in [3.05, 3.63) is 51.7 Å². The molecule has 0 aliphatic carbocycles. The predicted octanol–water partition coefficient (Wildman–Crippen LogP) is 2.32. The second kappa shape index (κ2) is 7.21. The molecule has 0 spiro atoms. The maximum atomic E-state index is 12.9. The van der Waals surface area contributed by atoms with E-state index >= 15 is 0 Å². The van der Waals surface area contributed by atoms with Crippen LogP contribution in [0.4, 0.5) is 13.2 Å². The van der Waals surface area contributed by atoms with Crippen molar-refractivity contribution in [1.29, 1.82) is 0 Å². The number of hydrogen-bond donors (Lipinski definition) is 0. The molecule has 27 heavy (non-hydrogen) atoms. The maximum Gasteiger partial charge on any atom is 0.451 e. The van der Waals surface area contributed by atoms with Crippen molar-refractivity contribution in [2.45, 2.75) is 38.4 Å². The Labute approximate surface area is 154 Å². The van der Waals surface area contributed by atoms with E-state index in [0.717, 1.165) is 22.9 Å². The number of aryl methyl sites for hydroxylation is 1. The second-order valence-corrected chi connectivity index (χ2v) is 6.89. The smallest absolute Gasteiger partial charge is 0.342 e. The topological polar surface area (TPSA) is 60.1 Å². The van der Waals surface area contributed by atoms with E-state index in [1.807, 2.05) is 31.2 Å². The lowest BCUT2D eigenvalue weighted by Gasteiger charge is -2.31. The first kappa shape index (κ1) is 19.2. The highest BCUT2D eigenvalue weighted by Crippen LogP contribution is 2.28. The van der Waals surface area contributed by atoms with E-state index in [2.05, 4.69) is 5.10 Å². The third kappa shape index (κ3) is 4.06. The van der Waals surface area contributed by atoms with Gasteiger partial charge < -0.3 is 4.90 Å². The highest BCUT2D eigenvalue weighted by Gasteiger charge is 2.39. The van der Waals surface area contributed by atoms with Gasteiger partial charge in [-0.15, -0.1) is 5.10 Å². The van der Waals surface area contributed by atoms with Gasteiger partial charge in [-0.05, 0) is 25.3 Å². The van der Waals surface area contributed by atoms with Crippen molar-refractivity contribution in [1.82, 2.24) is 19.2 Å². The summed E-state index contributed by atoms with van der Waals surface area (Å²) in [5, 5.41) is 3.49. The zero-order valence-electron chi connectivity index (χ0n) is 15.2. The first-order valence-corrected chi connectivity index (χ1v) is 8.73. The lowest BCUT2D eigenvalue weighted by atomic mass is 10.0. The van der Waals surface area contributed by atoms with Gasteiger partial charge in [-0.2, -0.15) is 13.2 Å². The Balaban J connectivity index is 1.65. The van der Waals surface area contributed by atoms with Gasteiger partial charge in [0.1, 0.15) is 0 Å². The molecule has 0 unspecified atom stereocenters. The molecule has 1 aromatic heterocycles. The number of halogens is 3. The van der Waals surface area contributed by atoms with Crippen LogP contribution in [0.3, 0.4) is 0 Å². The van der Waals surface area contributed by atoms with Crippen molar-refractivity contribution in [2.24, 2.45) is 7.05 Å². The quantitative estimate of drug-likeness (QED) is 0.819. The monoisotopic (exact) mass is 382 g/mol. The average molecular weight is 382 g/mol. The number of hydrogen-bond acceptors (Lipinski definition) is 3. The Kier molecular flexibility index (Phi) is 5.12. The van der Waals surface area contributed by atoms with Crippen LogP contribution in [0.5, 0.6) is 0 Å². The van der Waals surface area contributed by atoms with Crippen molar-refractivity contribution < 1.29 is 18.0 Å². The van der Waals surface area contributed by atoms with Gasteiger partial charge in [0.2, 0.25) is 11.7 Å². The summed E-state index contributed by atoms with van der Waals surface area (Å²) in [4.78, 5) is 26.3. The van der Waals surface area contributed by atoms with E-state index in [1.54, 1.807) is 4.90 Å². The van der Waals surface area contributed by atoms with Crippen LogP contribution in [0.1, 0.15) is 35.8 Å². The summed E-state index contributed by atoms with van der Waals surface area (Å²) >= 11 is 0. The van der Waals surface area contributed by atoms with Crippen LogP contribution < -0.4 is 5.69 Å². The zero-order valence-corrected chi connectivity index (χ0v) is 15.2. The van der Waals surface area contributed by atoms with Gasteiger partial charge in [0.05, 0.1) is 12.5 Å². The summed E-state index contributed by atoms with van der Waals surface area (Å²) in [5.74, 6) is -1.23. The Morgan fingerprint density at radius 2 is 1.93 bits per heavy atom. The Bertz CT molecular complexity index is 893. The number of alkyl halides is 3. The number of nitrogens with zero attached hydrogens (tertiary/aromatic N) is 4. The van der Waals surface area contributed by atoms with Gasteiger partial charge in [-0.3, -0.25) is 9.36 Å². The summed E-state index contributed by atoms with van der Waals surface area (Å²) < 4.78 is 40.2. The number of aromatic nitrogens is 3. The number of carbonyl (C=O) groups excluding carboxylic acids is 1. The van der Waals surface area contributed by atoms with E-state index in [-0.39, 0.29) is 12.3 Å². The first-order chi connectivity index (χ1) is 12.7. The minimum absolute atomic E-state index is 0.0246. The number of amides is 1. The first-order valence-electron chi connectivity index (χ1n) is 8.73. The van der Waals surface area contributed by atoms with Crippen molar-refractivity contribution >= 4 is 5.91 Å². The summed E-state index contributed by atoms with van der Waals surface area (Å²) in [6.45, 7) is 2.73. The molecule has 0 saturated carbocycles. The van der Waals surface area contributed by atoms with Crippen LogP contribution in [0.25, 0.3) is 0 Å². The number of likely N-dealkylation sites (tertiary alicyclic amines) is 1. The molecule has 1 aromatic carbocycles. The predicted molar refractivity (Wildman–Crippen MR) is 92.2 cm³/mol. The molecule has 1 aliphatic heterocycles. The number of benzene rings is 1. The fourth-order valence-corrected chi connectivity index (χ4v) is 3.41. The summed E-state index contributed by atoms with van der Waals surface area (Å²) in [6, 6.07) is 7.26. The molecular weight excluding hydrogens is 361 g/mol. The van der Waals surface area contributed by atoms with Crippen LogP contribution in [0, 0.1) is 6.92 Å².